The maximum absolute atomic E-state index is 13.1. The minimum atomic E-state index is -3.76. The second-order valence-corrected chi connectivity index (χ2v) is 9.71. The fourth-order valence-corrected chi connectivity index (χ4v) is 5.02. The summed E-state index contributed by atoms with van der Waals surface area (Å²) in [5, 5.41) is 4.40. The average Bonchev–Trinajstić information content (AvgIpc) is 3.18. The third kappa shape index (κ3) is 4.32. The van der Waals surface area contributed by atoms with E-state index in [1.807, 2.05) is 32.0 Å². The highest BCUT2D eigenvalue weighted by atomic mass is 32.2. The lowest BCUT2D eigenvalue weighted by Gasteiger charge is -2.33. The van der Waals surface area contributed by atoms with Gasteiger partial charge in [0, 0.05) is 24.9 Å². The van der Waals surface area contributed by atoms with Gasteiger partial charge >= 0.3 is 0 Å². The van der Waals surface area contributed by atoms with Gasteiger partial charge in [0.25, 0.3) is 5.91 Å². The van der Waals surface area contributed by atoms with E-state index in [9.17, 15) is 17.6 Å². The van der Waals surface area contributed by atoms with E-state index in [0.717, 1.165) is 21.0 Å². The van der Waals surface area contributed by atoms with Gasteiger partial charge in [-0.3, -0.25) is 4.79 Å². The molecule has 0 saturated carbocycles. The lowest BCUT2D eigenvalue weighted by Crippen LogP contribution is -2.51. The molecule has 2 aromatic carbocycles. The van der Waals surface area contributed by atoms with Crippen LogP contribution in [0.15, 0.2) is 53.7 Å². The van der Waals surface area contributed by atoms with Gasteiger partial charge in [-0.1, -0.05) is 29.3 Å². The van der Waals surface area contributed by atoms with Crippen LogP contribution in [0.25, 0.3) is 23.2 Å². The number of hydrogen-bond donors (Lipinski definition) is 1. The van der Waals surface area contributed by atoms with Crippen molar-refractivity contribution in [2.75, 3.05) is 13.1 Å². The molecule has 32 heavy (non-hydrogen) atoms. The number of rotatable bonds is 6. The standard InChI is InChI=1S/C22H22FN5O3S/c1-14-7-15(2)9-17(8-14)22-25-13-27(26-22)12-20(21(24)29)16-3-5-19(6-4-16)32(30,31)28-10-18(23)11-28/h3-9,12-13,18H,10-11H2,1-2H3,(H2,24,29)/b20-12+. The molecule has 2 heterocycles. The zero-order valence-corrected chi connectivity index (χ0v) is 18.4. The largest absolute Gasteiger partial charge is 0.366 e. The maximum Gasteiger partial charge on any atom is 0.250 e. The molecule has 3 aromatic rings. The highest BCUT2D eigenvalue weighted by Crippen LogP contribution is 2.25. The number of carbonyl (C=O) groups excluding carboxylic acids is 1. The number of carbonyl (C=O) groups is 1. The molecule has 0 spiro atoms. The van der Waals surface area contributed by atoms with Crippen LogP contribution in [0.5, 0.6) is 0 Å². The molecule has 1 amide bonds. The molecule has 0 radical (unpaired) electrons. The summed E-state index contributed by atoms with van der Waals surface area (Å²) in [7, 11) is -3.76. The molecular weight excluding hydrogens is 433 g/mol. The molecule has 0 atom stereocenters. The molecule has 1 saturated heterocycles. The van der Waals surface area contributed by atoms with E-state index in [0.29, 0.717) is 11.4 Å². The van der Waals surface area contributed by atoms with Crippen molar-refractivity contribution in [3.05, 3.63) is 65.5 Å². The van der Waals surface area contributed by atoms with Gasteiger partial charge in [0.15, 0.2) is 5.82 Å². The van der Waals surface area contributed by atoms with Crippen LogP contribution >= 0.6 is 0 Å². The van der Waals surface area contributed by atoms with Gasteiger partial charge in [-0.2, -0.15) is 4.31 Å². The van der Waals surface area contributed by atoms with Gasteiger partial charge in [0.1, 0.15) is 12.5 Å². The summed E-state index contributed by atoms with van der Waals surface area (Å²) in [6, 6.07) is 11.7. The fraction of sp³-hybridized carbons (Fsp3) is 0.227. The minimum Gasteiger partial charge on any atom is -0.366 e. The number of nitrogens with zero attached hydrogens (tertiary/aromatic N) is 4. The van der Waals surface area contributed by atoms with E-state index >= 15 is 0 Å². The number of alkyl halides is 1. The topological polar surface area (TPSA) is 111 Å². The SMILES string of the molecule is Cc1cc(C)cc(-c2ncn(/C=C(/C(N)=O)c3ccc(S(=O)(=O)N4CC(F)C4)cc3)n2)c1. The monoisotopic (exact) mass is 455 g/mol. The summed E-state index contributed by atoms with van der Waals surface area (Å²) in [6.45, 7) is 3.68. The van der Waals surface area contributed by atoms with Crippen molar-refractivity contribution in [1.82, 2.24) is 19.1 Å². The third-order valence-electron chi connectivity index (χ3n) is 5.12. The van der Waals surface area contributed by atoms with Gasteiger partial charge in [-0.05, 0) is 43.7 Å². The van der Waals surface area contributed by atoms with Crippen molar-refractivity contribution in [2.24, 2.45) is 5.73 Å². The van der Waals surface area contributed by atoms with Crippen LogP contribution in [0.1, 0.15) is 16.7 Å². The molecule has 1 aliphatic rings. The van der Waals surface area contributed by atoms with E-state index < -0.39 is 22.1 Å². The van der Waals surface area contributed by atoms with Gasteiger partial charge in [0.2, 0.25) is 10.0 Å². The van der Waals surface area contributed by atoms with Crippen LogP contribution in [0.2, 0.25) is 0 Å². The molecule has 0 bridgehead atoms. The molecule has 0 aliphatic carbocycles. The first kappa shape index (κ1) is 21.8. The molecule has 1 fully saturated rings. The van der Waals surface area contributed by atoms with Crippen molar-refractivity contribution in [1.29, 1.82) is 0 Å². The molecule has 1 aromatic heterocycles. The highest BCUT2D eigenvalue weighted by Gasteiger charge is 2.36. The molecule has 2 N–H and O–H groups in total. The Morgan fingerprint density at radius 3 is 2.31 bits per heavy atom. The average molecular weight is 456 g/mol. The molecule has 1 aliphatic heterocycles. The lowest BCUT2D eigenvalue weighted by molar-refractivity contribution is -0.112. The number of primary amides is 1. The minimum absolute atomic E-state index is 0.0230. The van der Waals surface area contributed by atoms with E-state index in [-0.39, 0.29) is 23.6 Å². The number of nitrogens with two attached hydrogens (primary N) is 1. The Hall–Kier alpha value is -3.37. The van der Waals surface area contributed by atoms with Gasteiger partial charge in [-0.25, -0.2) is 22.5 Å². The van der Waals surface area contributed by atoms with Crippen molar-refractivity contribution in [3.63, 3.8) is 0 Å². The van der Waals surface area contributed by atoms with Crippen LogP contribution in [0, 0.1) is 13.8 Å². The van der Waals surface area contributed by atoms with Gasteiger partial charge in [0.05, 0.1) is 10.5 Å². The number of halogens is 1. The predicted molar refractivity (Wildman–Crippen MR) is 118 cm³/mol. The number of hydrogen-bond acceptors (Lipinski definition) is 5. The Balaban J connectivity index is 1.62. The number of amides is 1. The number of aromatic nitrogens is 3. The zero-order chi connectivity index (χ0) is 23.0. The summed E-state index contributed by atoms with van der Waals surface area (Å²) < 4.78 is 40.5. The van der Waals surface area contributed by atoms with E-state index in [4.69, 9.17) is 5.73 Å². The van der Waals surface area contributed by atoms with Crippen LogP contribution in [-0.4, -0.2) is 52.7 Å². The lowest BCUT2D eigenvalue weighted by atomic mass is 10.1. The Morgan fingerprint density at radius 1 is 1.12 bits per heavy atom. The predicted octanol–water partition coefficient (Wildman–Crippen LogP) is 2.39. The summed E-state index contributed by atoms with van der Waals surface area (Å²) in [4.78, 5) is 16.4. The van der Waals surface area contributed by atoms with Crippen molar-refractivity contribution < 1.29 is 17.6 Å². The van der Waals surface area contributed by atoms with E-state index in [1.54, 1.807) is 0 Å². The Kier molecular flexibility index (Phi) is 5.66. The third-order valence-corrected chi connectivity index (χ3v) is 6.97. The summed E-state index contributed by atoms with van der Waals surface area (Å²) in [5.74, 6) is -0.203. The second-order valence-electron chi connectivity index (χ2n) is 7.78. The zero-order valence-electron chi connectivity index (χ0n) is 17.6. The molecule has 166 valence electrons. The van der Waals surface area contributed by atoms with Gasteiger partial charge in [-0.15, -0.1) is 5.10 Å². The first-order valence-corrected chi connectivity index (χ1v) is 11.3. The first-order valence-electron chi connectivity index (χ1n) is 9.89. The number of benzene rings is 2. The van der Waals surface area contributed by atoms with Crippen molar-refractivity contribution in [2.45, 2.75) is 24.9 Å². The molecule has 8 nitrogen and oxygen atoms in total. The number of sulfonamides is 1. The van der Waals surface area contributed by atoms with E-state index in [2.05, 4.69) is 10.1 Å². The van der Waals surface area contributed by atoms with Crippen LogP contribution in [0.4, 0.5) is 4.39 Å². The molecule has 0 unspecified atom stereocenters. The van der Waals surface area contributed by atoms with Gasteiger partial charge < -0.3 is 5.73 Å². The van der Waals surface area contributed by atoms with Crippen molar-refractivity contribution >= 4 is 27.7 Å². The molecule has 10 heteroatoms. The Labute approximate surface area is 185 Å². The van der Waals surface area contributed by atoms with E-state index in [1.165, 1.54) is 41.5 Å². The van der Waals surface area contributed by atoms with Crippen LogP contribution in [-0.2, 0) is 14.8 Å². The fourth-order valence-electron chi connectivity index (χ4n) is 3.53. The van der Waals surface area contributed by atoms with Crippen LogP contribution in [0.3, 0.4) is 0 Å². The second kappa shape index (κ2) is 8.29. The number of aryl methyl sites for hydroxylation is 2. The highest BCUT2D eigenvalue weighted by molar-refractivity contribution is 7.89. The van der Waals surface area contributed by atoms with Crippen molar-refractivity contribution in [3.8, 4) is 11.4 Å². The summed E-state index contributed by atoms with van der Waals surface area (Å²) in [6.07, 6.45) is 1.77. The summed E-state index contributed by atoms with van der Waals surface area (Å²) in [5.41, 5.74) is 9.14. The normalized spacial score (nSPS) is 15.5. The molecule has 4 rings (SSSR count). The Morgan fingerprint density at radius 2 is 1.75 bits per heavy atom. The summed E-state index contributed by atoms with van der Waals surface area (Å²) >= 11 is 0. The maximum atomic E-state index is 13.1. The van der Waals surface area contributed by atoms with Crippen LogP contribution < -0.4 is 5.73 Å². The molecular formula is C22H22FN5O3S. The first-order chi connectivity index (χ1) is 15.1. The quantitative estimate of drug-likeness (QED) is 0.574. The smallest absolute Gasteiger partial charge is 0.250 e. The Bertz CT molecular complexity index is 1290.